The first-order chi connectivity index (χ1) is 7.84. The zero-order valence-corrected chi connectivity index (χ0v) is 10.7. The van der Waals surface area contributed by atoms with Gasteiger partial charge in [-0.15, -0.1) is 11.6 Å². The van der Waals surface area contributed by atoms with Gasteiger partial charge in [0.2, 0.25) is 10.0 Å². The smallest absolute Gasteiger partial charge is 0.233 e. The van der Waals surface area contributed by atoms with E-state index in [1.54, 1.807) is 6.92 Å². The van der Waals surface area contributed by atoms with Crippen LogP contribution in [0.2, 0.25) is 0 Å². The van der Waals surface area contributed by atoms with Gasteiger partial charge < -0.3 is 0 Å². The van der Waals surface area contributed by atoms with Gasteiger partial charge in [-0.1, -0.05) is 6.92 Å². The zero-order valence-electron chi connectivity index (χ0n) is 9.08. The highest BCUT2D eigenvalue weighted by molar-refractivity contribution is 7.92. The van der Waals surface area contributed by atoms with Crippen LogP contribution in [-0.2, 0) is 10.0 Å². The number of sulfonamides is 1. The summed E-state index contributed by atoms with van der Waals surface area (Å²) in [4.78, 5) is 0. The normalized spacial score (nSPS) is 13.4. The standard InChI is InChI=1S/C10H12ClF2NO2S/c1-7(5-11)6-17(15,16)14-10-3-2-8(12)4-9(10)13/h2-4,7,14H,5-6H2,1H3. The van der Waals surface area contributed by atoms with Gasteiger partial charge in [0.15, 0.2) is 0 Å². The Morgan fingerprint density at radius 3 is 2.59 bits per heavy atom. The van der Waals surface area contributed by atoms with Crippen molar-refractivity contribution in [1.29, 1.82) is 0 Å². The molecule has 0 saturated heterocycles. The van der Waals surface area contributed by atoms with E-state index in [9.17, 15) is 17.2 Å². The Balaban J connectivity index is 2.83. The third-order valence-electron chi connectivity index (χ3n) is 1.96. The summed E-state index contributed by atoms with van der Waals surface area (Å²) >= 11 is 5.50. The van der Waals surface area contributed by atoms with Gasteiger partial charge >= 0.3 is 0 Å². The molecule has 0 aromatic heterocycles. The highest BCUT2D eigenvalue weighted by Crippen LogP contribution is 2.17. The summed E-state index contributed by atoms with van der Waals surface area (Å²) < 4.78 is 51.0. The van der Waals surface area contributed by atoms with Crippen LogP contribution in [0.3, 0.4) is 0 Å². The molecule has 1 unspecified atom stereocenters. The molecule has 1 rings (SSSR count). The average molecular weight is 284 g/mol. The van der Waals surface area contributed by atoms with E-state index in [2.05, 4.69) is 4.72 Å². The predicted octanol–water partition coefficient (Wildman–Crippen LogP) is 2.58. The summed E-state index contributed by atoms with van der Waals surface area (Å²) in [6.07, 6.45) is 0. The quantitative estimate of drug-likeness (QED) is 0.844. The van der Waals surface area contributed by atoms with Gasteiger partial charge in [0.1, 0.15) is 11.6 Å². The first-order valence-corrected chi connectivity index (χ1v) is 7.04. The molecule has 0 bridgehead atoms. The molecular weight excluding hydrogens is 272 g/mol. The van der Waals surface area contributed by atoms with E-state index < -0.39 is 21.7 Å². The number of alkyl halides is 1. The Hall–Kier alpha value is -0.880. The molecule has 0 aliphatic carbocycles. The van der Waals surface area contributed by atoms with Crippen molar-refractivity contribution < 1.29 is 17.2 Å². The van der Waals surface area contributed by atoms with Crippen LogP contribution in [0.25, 0.3) is 0 Å². The van der Waals surface area contributed by atoms with Crippen molar-refractivity contribution in [1.82, 2.24) is 0 Å². The van der Waals surface area contributed by atoms with E-state index in [-0.39, 0.29) is 23.2 Å². The van der Waals surface area contributed by atoms with Crippen molar-refractivity contribution in [3.8, 4) is 0 Å². The first-order valence-electron chi connectivity index (χ1n) is 4.85. The Morgan fingerprint density at radius 2 is 2.06 bits per heavy atom. The van der Waals surface area contributed by atoms with Crippen molar-refractivity contribution in [2.75, 3.05) is 16.4 Å². The Bertz CT molecular complexity index is 493. The summed E-state index contributed by atoms with van der Waals surface area (Å²) in [6, 6.07) is 2.63. The van der Waals surface area contributed by atoms with Crippen molar-refractivity contribution in [3.05, 3.63) is 29.8 Å². The van der Waals surface area contributed by atoms with Crippen molar-refractivity contribution in [3.63, 3.8) is 0 Å². The molecule has 0 amide bonds. The number of hydrogen-bond acceptors (Lipinski definition) is 2. The Kier molecular flexibility index (Phi) is 4.70. The Labute approximate surface area is 104 Å². The van der Waals surface area contributed by atoms with Crippen LogP contribution in [0.1, 0.15) is 6.92 Å². The number of halogens is 3. The van der Waals surface area contributed by atoms with Gasteiger partial charge in [-0.25, -0.2) is 17.2 Å². The third-order valence-corrected chi connectivity index (χ3v) is 4.03. The van der Waals surface area contributed by atoms with E-state index in [4.69, 9.17) is 11.6 Å². The Morgan fingerprint density at radius 1 is 1.41 bits per heavy atom. The second-order valence-electron chi connectivity index (χ2n) is 3.77. The van der Waals surface area contributed by atoms with Gasteiger partial charge in [-0.2, -0.15) is 0 Å². The van der Waals surface area contributed by atoms with Crippen LogP contribution >= 0.6 is 11.6 Å². The van der Waals surface area contributed by atoms with Crippen LogP contribution in [0.5, 0.6) is 0 Å². The zero-order chi connectivity index (χ0) is 13.1. The molecule has 1 N–H and O–H groups in total. The van der Waals surface area contributed by atoms with Crippen LogP contribution in [0.15, 0.2) is 18.2 Å². The summed E-state index contributed by atoms with van der Waals surface area (Å²) in [5.74, 6) is -2.00. The lowest BCUT2D eigenvalue weighted by atomic mass is 10.3. The lowest BCUT2D eigenvalue weighted by molar-refractivity contribution is 0.579. The fourth-order valence-electron chi connectivity index (χ4n) is 1.20. The molecule has 1 atom stereocenters. The summed E-state index contributed by atoms with van der Waals surface area (Å²) in [5, 5.41) is 0. The SMILES string of the molecule is CC(CCl)CS(=O)(=O)Nc1ccc(F)cc1F. The molecular formula is C10H12ClF2NO2S. The molecule has 0 saturated carbocycles. The topological polar surface area (TPSA) is 46.2 Å². The molecule has 0 aliphatic heterocycles. The van der Waals surface area contributed by atoms with Gasteiger partial charge in [0.25, 0.3) is 0 Å². The van der Waals surface area contributed by atoms with Crippen molar-refractivity contribution in [2.45, 2.75) is 6.92 Å². The molecule has 7 heteroatoms. The van der Waals surface area contributed by atoms with Crippen LogP contribution in [-0.4, -0.2) is 20.1 Å². The van der Waals surface area contributed by atoms with E-state index >= 15 is 0 Å². The largest absolute Gasteiger partial charge is 0.281 e. The molecule has 96 valence electrons. The van der Waals surface area contributed by atoms with Crippen LogP contribution in [0.4, 0.5) is 14.5 Å². The average Bonchev–Trinajstić information content (AvgIpc) is 2.21. The van der Waals surface area contributed by atoms with Gasteiger partial charge in [0.05, 0.1) is 11.4 Å². The maximum atomic E-state index is 13.2. The minimum absolute atomic E-state index is 0.187. The van der Waals surface area contributed by atoms with Gasteiger partial charge in [0, 0.05) is 11.9 Å². The predicted molar refractivity (Wildman–Crippen MR) is 63.7 cm³/mol. The second kappa shape index (κ2) is 5.64. The fraction of sp³-hybridized carbons (Fsp3) is 0.400. The third kappa shape index (κ3) is 4.47. The molecule has 1 aromatic rings. The molecule has 1 aromatic carbocycles. The van der Waals surface area contributed by atoms with Gasteiger partial charge in [-0.05, 0) is 18.1 Å². The molecule has 0 heterocycles. The molecule has 0 radical (unpaired) electrons. The lowest BCUT2D eigenvalue weighted by Gasteiger charge is -2.11. The highest BCUT2D eigenvalue weighted by atomic mass is 35.5. The minimum Gasteiger partial charge on any atom is -0.281 e. The summed E-state index contributed by atoms with van der Waals surface area (Å²) in [6.45, 7) is 1.66. The lowest BCUT2D eigenvalue weighted by Crippen LogP contribution is -2.22. The fourth-order valence-corrected chi connectivity index (χ4v) is 2.89. The molecule has 3 nitrogen and oxygen atoms in total. The van der Waals surface area contributed by atoms with E-state index in [1.165, 1.54) is 0 Å². The number of rotatable bonds is 5. The van der Waals surface area contributed by atoms with Gasteiger partial charge in [-0.3, -0.25) is 4.72 Å². The number of benzene rings is 1. The minimum atomic E-state index is -3.68. The molecule has 0 aliphatic rings. The maximum Gasteiger partial charge on any atom is 0.233 e. The number of hydrogen-bond donors (Lipinski definition) is 1. The second-order valence-corrected chi connectivity index (χ2v) is 5.84. The number of nitrogens with one attached hydrogen (secondary N) is 1. The number of anilines is 1. The molecule has 0 fully saturated rings. The van der Waals surface area contributed by atoms with E-state index in [0.717, 1.165) is 12.1 Å². The first kappa shape index (κ1) is 14.2. The monoisotopic (exact) mass is 283 g/mol. The summed E-state index contributed by atoms with van der Waals surface area (Å²) in [5.41, 5.74) is -0.270. The molecule has 0 spiro atoms. The van der Waals surface area contributed by atoms with Crippen LogP contribution < -0.4 is 4.72 Å². The van der Waals surface area contributed by atoms with E-state index in [1.807, 2.05) is 0 Å². The molecule has 17 heavy (non-hydrogen) atoms. The maximum absolute atomic E-state index is 13.2. The van der Waals surface area contributed by atoms with E-state index in [0.29, 0.717) is 6.07 Å². The highest BCUT2D eigenvalue weighted by Gasteiger charge is 2.17. The summed E-state index contributed by atoms with van der Waals surface area (Å²) in [7, 11) is -3.68. The van der Waals surface area contributed by atoms with Crippen molar-refractivity contribution in [2.24, 2.45) is 5.92 Å². The van der Waals surface area contributed by atoms with Crippen LogP contribution in [0, 0.1) is 17.6 Å². The van der Waals surface area contributed by atoms with Crippen molar-refractivity contribution >= 4 is 27.3 Å².